The van der Waals surface area contributed by atoms with Gasteiger partial charge in [0.25, 0.3) is 10.0 Å². The fourth-order valence-electron chi connectivity index (χ4n) is 1.78. The number of rotatable bonds is 5. The van der Waals surface area contributed by atoms with Crippen LogP contribution < -0.4 is 10.5 Å². The van der Waals surface area contributed by atoms with E-state index < -0.39 is 20.7 Å². The molecule has 0 aromatic heterocycles. The number of anilines is 1. The van der Waals surface area contributed by atoms with Crippen molar-refractivity contribution in [3.63, 3.8) is 0 Å². The average Bonchev–Trinajstić information content (AvgIpc) is 2.47. The summed E-state index contributed by atoms with van der Waals surface area (Å²) in [6.45, 7) is 0.144. The van der Waals surface area contributed by atoms with E-state index in [-0.39, 0.29) is 6.54 Å². The van der Waals surface area contributed by atoms with Crippen LogP contribution in [0.3, 0.4) is 0 Å². The van der Waals surface area contributed by atoms with Crippen molar-refractivity contribution in [1.29, 1.82) is 0 Å². The standard InChI is InChI=1S/C14H15FN2O2S2/c1-20-12-4-2-3-11(8-12)17-21(18,19)14-7-10(9-16)5-6-13(14)15/h2-8,17H,9,16H2,1H3. The van der Waals surface area contributed by atoms with Gasteiger partial charge in [0.05, 0.1) is 0 Å². The van der Waals surface area contributed by atoms with Gasteiger partial charge in [-0.1, -0.05) is 12.1 Å². The quantitative estimate of drug-likeness (QED) is 0.829. The Morgan fingerprint density at radius 3 is 2.67 bits per heavy atom. The molecule has 2 rings (SSSR count). The summed E-state index contributed by atoms with van der Waals surface area (Å²) in [5, 5.41) is 0. The Labute approximate surface area is 127 Å². The van der Waals surface area contributed by atoms with Crippen LogP contribution in [0.5, 0.6) is 0 Å². The summed E-state index contributed by atoms with van der Waals surface area (Å²) >= 11 is 1.49. The van der Waals surface area contributed by atoms with Gasteiger partial charge in [-0.2, -0.15) is 0 Å². The molecule has 0 saturated heterocycles. The third-order valence-corrected chi connectivity index (χ3v) is 4.96. The molecule has 0 atom stereocenters. The monoisotopic (exact) mass is 326 g/mol. The molecule has 0 aliphatic carbocycles. The molecule has 0 bridgehead atoms. The van der Waals surface area contributed by atoms with E-state index in [9.17, 15) is 12.8 Å². The second-order valence-electron chi connectivity index (χ2n) is 4.31. The minimum absolute atomic E-state index is 0.144. The number of benzene rings is 2. The molecule has 112 valence electrons. The van der Waals surface area contributed by atoms with E-state index in [1.807, 2.05) is 12.3 Å². The van der Waals surface area contributed by atoms with Crippen LogP contribution in [0.2, 0.25) is 0 Å². The zero-order chi connectivity index (χ0) is 15.5. The van der Waals surface area contributed by atoms with Gasteiger partial charge in [0, 0.05) is 17.1 Å². The second kappa shape index (κ2) is 6.46. The van der Waals surface area contributed by atoms with Gasteiger partial charge in [-0.15, -0.1) is 11.8 Å². The lowest BCUT2D eigenvalue weighted by molar-refractivity contribution is 0.569. The number of hydrogen-bond donors (Lipinski definition) is 2. The van der Waals surface area contributed by atoms with Crippen molar-refractivity contribution in [3.05, 3.63) is 53.8 Å². The van der Waals surface area contributed by atoms with Crippen LogP contribution in [0.4, 0.5) is 10.1 Å². The van der Waals surface area contributed by atoms with Crippen molar-refractivity contribution < 1.29 is 12.8 Å². The van der Waals surface area contributed by atoms with Gasteiger partial charge < -0.3 is 5.73 Å². The van der Waals surface area contributed by atoms with Gasteiger partial charge in [-0.05, 0) is 42.2 Å². The Kier molecular flexibility index (Phi) is 4.87. The Morgan fingerprint density at radius 2 is 2.00 bits per heavy atom. The van der Waals surface area contributed by atoms with Crippen LogP contribution in [0.1, 0.15) is 5.56 Å². The molecular weight excluding hydrogens is 311 g/mol. The molecule has 0 radical (unpaired) electrons. The third kappa shape index (κ3) is 3.75. The van der Waals surface area contributed by atoms with Gasteiger partial charge in [0.1, 0.15) is 10.7 Å². The fourth-order valence-corrected chi connectivity index (χ4v) is 3.42. The molecule has 21 heavy (non-hydrogen) atoms. The normalized spacial score (nSPS) is 11.4. The molecule has 0 fully saturated rings. The van der Waals surface area contributed by atoms with Gasteiger partial charge in [-0.3, -0.25) is 4.72 Å². The molecule has 0 amide bonds. The number of thioether (sulfide) groups is 1. The van der Waals surface area contributed by atoms with Gasteiger partial charge in [0.2, 0.25) is 0 Å². The average molecular weight is 326 g/mol. The molecule has 4 nitrogen and oxygen atoms in total. The lowest BCUT2D eigenvalue weighted by Gasteiger charge is -2.10. The molecule has 3 N–H and O–H groups in total. The third-order valence-electron chi connectivity index (χ3n) is 2.84. The second-order valence-corrected chi connectivity index (χ2v) is 6.84. The Balaban J connectivity index is 2.38. The highest BCUT2D eigenvalue weighted by molar-refractivity contribution is 7.98. The summed E-state index contributed by atoms with van der Waals surface area (Å²) in [7, 11) is -3.99. The maximum atomic E-state index is 13.8. The van der Waals surface area contributed by atoms with Crippen LogP contribution >= 0.6 is 11.8 Å². The Morgan fingerprint density at radius 1 is 1.24 bits per heavy atom. The maximum Gasteiger partial charge on any atom is 0.264 e. The summed E-state index contributed by atoms with van der Waals surface area (Å²) in [5.74, 6) is -0.805. The van der Waals surface area contributed by atoms with E-state index in [2.05, 4.69) is 4.72 Å². The zero-order valence-electron chi connectivity index (χ0n) is 11.3. The van der Waals surface area contributed by atoms with Crippen LogP contribution in [0.25, 0.3) is 0 Å². The Bertz CT molecular complexity index is 748. The summed E-state index contributed by atoms with van der Waals surface area (Å²) in [6, 6.07) is 10.7. The summed E-state index contributed by atoms with van der Waals surface area (Å²) in [5.41, 5.74) is 6.40. The number of nitrogens with two attached hydrogens (primary N) is 1. The number of halogens is 1. The number of hydrogen-bond acceptors (Lipinski definition) is 4. The topological polar surface area (TPSA) is 72.2 Å². The smallest absolute Gasteiger partial charge is 0.264 e. The highest BCUT2D eigenvalue weighted by Crippen LogP contribution is 2.23. The first kappa shape index (κ1) is 15.8. The summed E-state index contributed by atoms with van der Waals surface area (Å²) in [6.07, 6.45) is 1.89. The van der Waals surface area contributed by atoms with Crippen LogP contribution in [-0.2, 0) is 16.6 Å². The Hall–Kier alpha value is -1.57. The molecule has 0 spiro atoms. The van der Waals surface area contributed by atoms with E-state index in [0.29, 0.717) is 11.3 Å². The van der Waals surface area contributed by atoms with Crippen molar-refractivity contribution in [2.24, 2.45) is 5.73 Å². The molecule has 0 heterocycles. The van der Waals surface area contributed by atoms with E-state index >= 15 is 0 Å². The lowest BCUT2D eigenvalue weighted by Crippen LogP contribution is -2.15. The van der Waals surface area contributed by atoms with E-state index in [1.165, 1.54) is 23.9 Å². The maximum absolute atomic E-state index is 13.8. The van der Waals surface area contributed by atoms with Crippen LogP contribution in [-0.4, -0.2) is 14.7 Å². The molecule has 7 heteroatoms. The molecule has 2 aromatic carbocycles. The molecule has 0 unspecified atom stereocenters. The first-order valence-corrected chi connectivity index (χ1v) is 8.82. The molecule has 0 aliphatic rings. The predicted octanol–water partition coefficient (Wildman–Crippen LogP) is 2.81. The van der Waals surface area contributed by atoms with Crippen LogP contribution in [0, 0.1) is 5.82 Å². The highest BCUT2D eigenvalue weighted by Gasteiger charge is 2.19. The fraction of sp³-hybridized carbons (Fsp3) is 0.143. The minimum atomic E-state index is -3.99. The van der Waals surface area contributed by atoms with Crippen molar-refractivity contribution in [2.45, 2.75) is 16.3 Å². The van der Waals surface area contributed by atoms with Crippen molar-refractivity contribution in [2.75, 3.05) is 11.0 Å². The molecule has 0 aliphatic heterocycles. The van der Waals surface area contributed by atoms with Crippen molar-refractivity contribution in [1.82, 2.24) is 0 Å². The summed E-state index contributed by atoms with van der Waals surface area (Å²) in [4.78, 5) is 0.506. The van der Waals surface area contributed by atoms with Gasteiger partial charge in [-0.25, -0.2) is 12.8 Å². The number of nitrogens with one attached hydrogen (secondary N) is 1. The zero-order valence-corrected chi connectivity index (χ0v) is 13.0. The lowest BCUT2D eigenvalue weighted by atomic mass is 10.2. The van der Waals surface area contributed by atoms with Gasteiger partial charge in [0.15, 0.2) is 0 Å². The first-order valence-electron chi connectivity index (χ1n) is 6.11. The minimum Gasteiger partial charge on any atom is -0.326 e. The molecule has 0 saturated carbocycles. The van der Waals surface area contributed by atoms with E-state index in [1.54, 1.807) is 18.2 Å². The van der Waals surface area contributed by atoms with Gasteiger partial charge >= 0.3 is 0 Å². The molecule has 2 aromatic rings. The van der Waals surface area contributed by atoms with Crippen molar-refractivity contribution in [3.8, 4) is 0 Å². The molecular formula is C14H15FN2O2S2. The SMILES string of the molecule is CSc1cccc(NS(=O)(=O)c2cc(CN)ccc2F)c1. The predicted molar refractivity (Wildman–Crippen MR) is 83.3 cm³/mol. The summed E-state index contributed by atoms with van der Waals surface area (Å²) < 4.78 is 40.7. The highest BCUT2D eigenvalue weighted by atomic mass is 32.2. The number of sulfonamides is 1. The first-order chi connectivity index (χ1) is 9.96. The van der Waals surface area contributed by atoms with Crippen molar-refractivity contribution >= 4 is 27.5 Å². The van der Waals surface area contributed by atoms with E-state index in [4.69, 9.17) is 5.73 Å². The van der Waals surface area contributed by atoms with Crippen LogP contribution in [0.15, 0.2) is 52.3 Å². The largest absolute Gasteiger partial charge is 0.326 e. The van der Waals surface area contributed by atoms with E-state index in [0.717, 1.165) is 11.0 Å².